The highest BCUT2D eigenvalue weighted by molar-refractivity contribution is 5.62. The average molecular weight is 392 g/mol. The minimum atomic E-state index is -5.91. The maximum atomic E-state index is 13.9. The van der Waals surface area contributed by atoms with Gasteiger partial charge in [0.15, 0.2) is 0 Å². The Morgan fingerprint density at radius 1 is 0.852 bits per heavy atom. The SMILES string of the molecule is Nc1cc(C(c2ccc(O)c(N=C=O)c2)(C(F)(F)F)C(F)(F)F)ccc1O. The number of anilines is 1. The van der Waals surface area contributed by atoms with Gasteiger partial charge < -0.3 is 15.9 Å². The molecule has 144 valence electrons. The molecule has 0 fully saturated rings. The summed E-state index contributed by atoms with van der Waals surface area (Å²) in [6.07, 6.45) is -10.9. The third kappa shape index (κ3) is 3.17. The van der Waals surface area contributed by atoms with Gasteiger partial charge in [0, 0.05) is 0 Å². The van der Waals surface area contributed by atoms with Crippen LogP contribution < -0.4 is 5.73 Å². The Labute approximate surface area is 147 Å². The molecule has 0 aromatic heterocycles. The lowest BCUT2D eigenvalue weighted by atomic mass is 9.72. The van der Waals surface area contributed by atoms with Crippen molar-refractivity contribution >= 4 is 17.5 Å². The van der Waals surface area contributed by atoms with E-state index in [1.165, 1.54) is 0 Å². The van der Waals surface area contributed by atoms with E-state index >= 15 is 0 Å². The van der Waals surface area contributed by atoms with Crippen LogP contribution in [0.25, 0.3) is 0 Å². The number of phenols is 2. The summed E-state index contributed by atoms with van der Waals surface area (Å²) < 4.78 is 83.4. The molecule has 0 spiro atoms. The number of alkyl halides is 6. The van der Waals surface area contributed by atoms with Crippen LogP contribution in [0.2, 0.25) is 0 Å². The number of carbonyl (C=O) groups excluding carboxylic acids is 1. The predicted octanol–water partition coefficient (Wildman–Crippen LogP) is 4.06. The highest BCUT2D eigenvalue weighted by Crippen LogP contribution is 2.57. The normalized spacial score (nSPS) is 12.5. The molecule has 2 aromatic rings. The molecule has 0 aliphatic rings. The Morgan fingerprint density at radius 2 is 1.33 bits per heavy atom. The lowest BCUT2D eigenvalue weighted by Crippen LogP contribution is -2.54. The first-order valence-electron chi connectivity index (χ1n) is 7.00. The first-order chi connectivity index (χ1) is 12.4. The van der Waals surface area contributed by atoms with Crippen LogP contribution in [0.4, 0.5) is 37.7 Å². The summed E-state index contributed by atoms with van der Waals surface area (Å²) in [6.45, 7) is 0. The number of nitrogen functional groups attached to an aromatic ring is 1. The van der Waals surface area contributed by atoms with Crippen LogP contribution in [0.3, 0.4) is 0 Å². The fourth-order valence-electron chi connectivity index (χ4n) is 2.67. The monoisotopic (exact) mass is 392 g/mol. The quantitative estimate of drug-likeness (QED) is 0.241. The number of hydrogen-bond acceptors (Lipinski definition) is 5. The lowest BCUT2D eigenvalue weighted by molar-refractivity contribution is -0.288. The largest absolute Gasteiger partial charge is 0.506 e. The summed E-state index contributed by atoms with van der Waals surface area (Å²) in [5.74, 6) is -1.51. The van der Waals surface area contributed by atoms with Crippen molar-refractivity contribution in [3.8, 4) is 11.5 Å². The number of hydrogen-bond donors (Lipinski definition) is 3. The number of nitrogens with zero attached hydrogens (tertiary/aromatic N) is 1. The summed E-state index contributed by atoms with van der Waals surface area (Å²) in [6, 6.07) is 2.62. The van der Waals surface area contributed by atoms with Crippen molar-refractivity contribution in [1.29, 1.82) is 0 Å². The number of aliphatic imine (C=N–C) groups is 1. The van der Waals surface area contributed by atoms with E-state index in [2.05, 4.69) is 4.99 Å². The Hall–Kier alpha value is -3.20. The Balaban J connectivity index is 2.99. The van der Waals surface area contributed by atoms with Crippen LogP contribution in [-0.2, 0) is 10.2 Å². The molecule has 2 aromatic carbocycles. The first kappa shape index (κ1) is 20.1. The van der Waals surface area contributed by atoms with Crippen molar-refractivity contribution in [2.24, 2.45) is 4.99 Å². The zero-order valence-electron chi connectivity index (χ0n) is 13.1. The van der Waals surface area contributed by atoms with Gasteiger partial charge in [-0.15, -0.1) is 0 Å². The summed E-state index contributed by atoms with van der Waals surface area (Å²) in [4.78, 5) is 13.3. The third-order valence-corrected chi connectivity index (χ3v) is 3.89. The number of aromatic hydroxyl groups is 2. The van der Waals surface area contributed by atoms with Gasteiger partial charge in [-0.05, 0) is 35.4 Å². The second-order valence-corrected chi connectivity index (χ2v) is 5.43. The standard InChI is InChI=1S/C16H10F6N2O3/c17-15(18,19)14(16(20,21)22,8-1-3-12(26)10(23)5-8)9-2-4-13(27)11(6-9)24-7-25/h1-6,26-27H,23H2. The van der Waals surface area contributed by atoms with Crippen molar-refractivity contribution in [3.63, 3.8) is 0 Å². The molecule has 5 nitrogen and oxygen atoms in total. The van der Waals surface area contributed by atoms with Gasteiger partial charge in [-0.2, -0.15) is 31.3 Å². The van der Waals surface area contributed by atoms with Gasteiger partial charge in [-0.25, -0.2) is 4.79 Å². The number of benzene rings is 2. The molecule has 0 saturated heterocycles. The second-order valence-electron chi connectivity index (χ2n) is 5.43. The van der Waals surface area contributed by atoms with Crippen molar-refractivity contribution < 1.29 is 41.4 Å². The van der Waals surface area contributed by atoms with Gasteiger partial charge in [0.05, 0.1) is 5.69 Å². The molecule has 0 aliphatic carbocycles. The summed E-state index contributed by atoms with van der Waals surface area (Å²) in [7, 11) is 0. The number of nitrogens with two attached hydrogens (primary N) is 1. The molecule has 0 bridgehead atoms. The molecule has 0 saturated carbocycles. The third-order valence-electron chi connectivity index (χ3n) is 3.89. The Kier molecular flexibility index (Phi) is 4.85. The molecule has 0 unspecified atom stereocenters. The molecular weight excluding hydrogens is 382 g/mol. The van der Waals surface area contributed by atoms with E-state index in [4.69, 9.17) is 5.73 Å². The van der Waals surface area contributed by atoms with Gasteiger partial charge in [0.1, 0.15) is 17.2 Å². The van der Waals surface area contributed by atoms with Crippen LogP contribution in [0, 0.1) is 0 Å². The van der Waals surface area contributed by atoms with Crippen LogP contribution in [0.5, 0.6) is 11.5 Å². The van der Waals surface area contributed by atoms with Gasteiger partial charge in [0.25, 0.3) is 0 Å². The minimum absolute atomic E-state index is 0.282. The summed E-state index contributed by atoms with van der Waals surface area (Å²) in [5.41, 5.74) is -3.48. The number of halogens is 6. The average Bonchev–Trinajstić information content (AvgIpc) is 2.52. The van der Waals surface area contributed by atoms with Gasteiger partial charge in [-0.1, -0.05) is 12.1 Å². The molecule has 27 heavy (non-hydrogen) atoms. The molecule has 0 aliphatic heterocycles. The van der Waals surface area contributed by atoms with Crippen LogP contribution in [0.15, 0.2) is 41.4 Å². The van der Waals surface area contributed by atoms with Crippen LogP contribution >= 0.6 is 0 Å². The molecule has 2 rings (SSSR count). The van der Waals surface area contributed by atoms with Gasteiger partial charge in [-0.3, -0.25) is 0 Å². The Bertz CT molecular complexity index is 903. The van der Waals surface area contributed by atoms with E-state index in [9.17, 15) is 41.4 Å². The van der Waals surface area contributed by atoms with Crippen LogP contribution in [-0.4, -0.2) is 28.6 Å². The van der Waals surface area contributed by atoms with Gasteiger partial charge in [0.2, 0.25) is 11.5 Å². The first-order valence-corrected chi connectivity index (χ1v) is 7.00. The lowest BCUT2D eigenvalue weighted by Gasteiger charge is -2.38. The smallest absolute Gasteiger partial charge is 0.411 e. The van der Waals surface area contributed by atoms with E-state index in [1.807, 2.05) is 0 Å². The zero-order valence-corrected chi connectivity index (χ0v) is 13.1. The topological polar surface area (TPSA) is 95.9 Å². The minimum Gasteiger partial charge on any atom is -0.506 e. The number of rotatable bonds is 3. The maximum Gasteiger partial charge on any atom is 0.411 e. The van der Waals surface area contributed by atoms with E-state index in [1.54, 1.807) is 0 Å². The molecule has 0 heterocycles. The van der Waals surface area contributed by atoms with Crippen molar-refractivity contribution in [1.82, 2.24) is 0 Å². The van der Waals surface area contributed by atoms with E-state index in [0.717, 1.165) is 6.08 Å². The van der Waals surface area contributed by atoms with E-state index in [-0.39, 0.29) is 6.07 Å². The maximum absolute atomic E-state index is 13.9. The Morgan fingerprint density at radius 3 is 1.78 bits per heavy atom. The van der Waals surface area contributed by atoms with Crippen molar-refractivity contribution in [2.45, 2.75) is 17.8 Å². The van der Waals surface area contributed by atoms with Crippen LogP contribution in [0.1, 0.15) is 11.1 Å². The van der Waals surface area contributed by atoms with E-state index in [0.29, 0.717) is 30.3 Å². The van der Waals surface area contributed by atoms with Crippen molar-refractivity contribution in [3.05, 3.63) is 47.5 Å². The van der Waals surface area contributed by atoms with Crippen molar-refractivity contribution in [2.75, 3.05) is 5.73 Å². The molecule has 11 heteroatoms. The summed E-state index contributed by atoms with van der Waals surface area (Å²) >= 11 is 0. The molecule has 0 atom stereocenters. The molecule has 4 N–H and O–H groups in total. The highest BCUT2D eigenvalue weighted by Gasteiger charge is 2.72. The predicted molar refractivity (Wildman–Crippen MR) is 81.3 cm³/mol. The fourth-order valence-corrected chi connectivity index (χ4v) is 2.67. The van der Waals surface area contributed by atoms with E-state index < -0.39 is 51.8 Å². The number of phenolic OH excluding ortho intramolecular Hbond substituents is 2. The number of isocyanates is 1. The highest BCUT2D eigenvalue weighted by atomic mass is 19.4. The molecular formula is C16H10F6N2O3. The second kappa shape index (κ2) is 6.51. The molecule has 0 radical (unpaired) electrons. The summed E-state index contributed by atoms with van der Waals surface area (Å²) in [5, 5.41) is 18.9. The fraction of sp³-hybridized carbons (Fsp3) is 0.188. The van der Waals surface area contributed by atoms with Gasteiger partial charge >= 0.3 is 12.4 Å². The molecule has 0 amide bonds. The zero-order chi connectivity index (χ0) is 20.6.